The Morgan fingerprint density at radius 1 is 1.12 bits per heavy atom. The van der Waals surface area contributed by atoms with Crippen LogP contribution in [0.5, 0.6) is 5.75 Å². The third-order valence-corrected chi connectivity index (χ3v) is 7.15. The van der Waals surface area contributed by atoms with Crippen LogP contribution >= 0.6 is 47.8 Å². The summed E-state index contributed by atoms with van der Waals surface area (Å²) in [4.78, 5) is 0.194. The first kappa shape index (κ1) is 15.5. The van der Waals surface area contributed by atoms with Gasteiger partial charge in [-0.2, -0.15) is 0 Å². The molecule has 0 fully saturated rings. The van der Waals surface area contributed by atoms with Crippen molar-refractivity contribution >= 4 is 57.6 Å². The number of hydrogen-bond acceptors (Lipinski definition) is 3. The van der Waals surface area contributed by atoms with Gasteiger partial charge < -0.3 is 4.74 Å². The van der Waals surface area contributed by atoms with E-state index in [1.165, 1.54) is 12.1 Å². The average Bonchev–Trinajstić information content (AvgIpc) is 2.15. The van der Waals surface area contributed by atoms with E-state index in [0.717, 1.165) is 0 Å². The van der Waals surface area contributed by atoms with Gasteiger partial charge in [0, 0.05) is 0 Å². The Labute approximate surface area is 126 Å². The number of ether oxygens (including phenoxy) is 1. The molecule has 0 spiro atoms. The number of alkyl halides is 3. The topological polar surface area (TPSA) is 43.4 Å². The molecule has 0 unspecified atom stereocenters. The van der Waals surface area contributed by atoms with Crippen LogP contribution in [0.4, 0.5) is 0 Å². The Balaban J connectivity index is 3.04. The van der Waals surface area contributed by atoms with Gasteiger partial charge in [0.1, 0.15) is 5.75 Å². The second kappa shape index (κ2) is 5.59. The van der Waals surface area contributed by atoms with Crippen molar-refractivity contribution in [3.8, 4) is 5.75 Å². The van der Waals surface area contributed by atoms with Crippen LogP contribution in [-0.4, -0.2) is 16.0 Å². The van der Waals surface area contributed by atoms with Gasteiger partial charge in [-0.05, 0) is 85.9 Å². The lowest BCUT2D eigenvalue weighted by molar-refractivity contribution is 0.242. The molecular formula is C10H11Br3O3S. The van der Waals surface area contributed by atoms with Crippen LogP contribution in [-0.2, 0) is 9.84 Å². The molecule has 17 heavy (non-hydrogen) atoms. The average molecular weight is 451 g/mol. The summed E-state index contributed by atoms with van der Waals surface area (Å²) in [5.74, 6) is 0.642. The predicted octanol–water partition coefficient (Wildman–Crippen LogP) is 4.04. The lowest BCUT2D eigenvalue weighted by atomic mass is 10.3. The van der Waals surface area contributed by atoms with Crippen LogP contribution in [0, 0.1) is 0 Å². The number of benzene rings is 1. The van der Waals surface area contributed by atoms with E-state index in [9.17, 15) is 8.42 Å². The van der Waals surface area contributed by atoms with Gasteiger partial charge in [0.2, 0.25) is 11.3 Å². The molecule has 0 N–H and O–H groups in total. The Morgan fingerprint density at radius 3 is 1.94 bits per heavy atom. The van der Waals surface area contributed by atoms with E-state index in [0.29, 0.717) is 5.75 Å². The predicted molar refractivity (Wildman–Crippen MR) is 78.9 cm³/mol. The molecule has 0 saturated heterocycles. The fourth-order valence-corrected chi connectivity index (χ4v) is 3.55. The Kier molecular flexibility index (Phi) is 5.08. The molecule has 7 heteroatoms. The maximum atomic E-state index is 12.0. The summed E-state index contributed by atoms with van der Waals surface area (Å²) in [5, 5.41) is 0. The maximum Gasteiger partial charge on any atom is 0.239 e. The van der Waals surface area contributed by atoms with Crippen LogP contribution in [0.2, 0.25) is 0 Å². The molecule has 0 aromatic heterocycles. The minimum Gasteiger partial charge on any atom is -0.491 e. The SMILES string of the molecule is CC(C)Oc1ccc(S(=O)(=O)C(Br)(Br)Br)cc1. The smallest absolute Gasteiger partial charge is 0.239 e. The van der Waals surface area contributed by atoms with E-state index in [2.05, 4.69) is 47.8 Å². The molecular weight excluding hydrogens is 440 g/mol. The van der Waals surface area contributed by atoms with Crippen molar-refractivity contribution in [3.63, 3.8) is 0 Å². The van der Waals surface area contributed by atoms with Gasteiger partial charge in [0.25, 0.3) is 0 Å². The molecule has 1 rings (SSSR count). The van der Waals surface area contributed by atoms with Gasteiger partial charge in [-0.1, -0.05) is 0 Å². The summed E-state index contributed by atoms with van der Waals surface area (Å²) < 4.78 is 28.1. The molecule has 0 atom stereocenters. The van der Waals surface area contributed by atoms with Gasteiger partial charge in [-0.15, -0.1) is 0 Å². The van der Waals surface area contributed by atoms with Gasteiger partial charge in [0.15, 0.2) is 0 Å². The second-order valence-electron chi connectivity index (χ2n) is 3.59. The van der Waals surface area contributed by atoms with Crippen LogP contribution < -0.4 is 4.74 Å². The Morgan fingerprint density at radius 2 is 1.59 bits per heavy atom. The lowest BCUT2D eigenvalue weighted by Gasteiger charge is -2.14. The standard InChI is InChI=1S/C10H11Br3O3S/c1-7(2)16-8-3-5-9(6-4-8)17(14,15)10(11,12)13/h3-7H,1-2H3. The molecule has 96 valence electrons. The van der Waals surface area contributed by atoms with Crippen molar-refractivity contribution in [2.45, 2.75) is 26.3 Å². The third-order valence-electron chi connectivity index (χ3n) is 1.81. The van der Waals surface area contributed by atoms with Crippen LogP contribution in [0.3, 0.4) is 0 Å². The molecule has 0 aliphatic carbocycles. The van der Waals surface area contributed by atoms with E-state index >= 15 is 0 Å². The van der Waals surface area contributed by atoms with Crippen molar-refractivity contribution in [1.82, 2.24) is 0 Å². The molecule has 1 aromatic carbocycles. The number of halogens is 3. The summed E-state index contributed by atoms with van der Waals surface area (Å²) in [7, 11) is -3.53. The van der Waals surface area contributed by atoms with Crippen molar-refractivity contribution in [2.75, 3.05) is 0 Å². The summed E-state index contributed by atoms with van der Waals surface area (Å²) in [6.45, 7) is 3.82. The van der Waals surface area contributed by atoms with Crippen molar-refractivity contribution in [3.05, 3.63) is 24.3 Å². The van der Waals surface area contributed by atoms with Crippen molar-refractivity contribution < 1.29 is 13.2 Å². The molecule has 3 nitrogen and oxygen atoms in total. The number of rotatable bonds is 3. The molecule has 0 radical (unpaired) electrons. The zero-order valence-electron chi connectivity index (χ0n) is 9.15. The van der Waals surface area contributed by atoms with E-state index in [1.807, 2.05) is 13.8 Å². The van der Waals surface area contributed by atoms with Crippen molar-refractivity contribution in [1.29, 1.82) is 0 Å². The zero-order chi connectivity index (χ0) is 13.3. The number of sulfone groups is 1. The van der Waals surface area contributed by atoms with Crippen LogP contribution in [0.1, 0.15) is 13.8 Å². The Hall–Kier alpha value is 0.410. The highest BCUT2D eigenvalue weighted by Crippen LogP contribution is 2.43. The molecule has 0 bridgehead atoms. The quantitative estimate of drug-likeness (QED) is 0.653. The minimum atomic E-state index is -3.53. The first-order valence-corrected chi connectivity index (χ1v) is 8.59. The van der Waals surface area contributed by atoms with Gasteiger partial charge >= 0.3 is 0 Å². The fourth-order valence-electron chi connectivity index (χ4n) is 1.10. The highest BCUT2D eigenvalue weighted by Gasteiger charge is 2.37. The van der Waals surface area contributed by atoms with E-state index in [1.54, 1.807) is 12.1 Å². The zero-order valence-corrected chi connectivity index (χ0v) is 14.7. The van der Waals surface area contributed by atoms with E-state index in [4.69, 9.17) is 4.74 Å². The largest absolute Gasteiger partial charge is 0.491 e. The van der Waals surface area contributed by atoms with Gasteiger partial charge in [0.05, 0.1) is 11.0 Å². The highest BCUT2D eigenvalue weighted by atomic mass is 80.0. The van der Waals surface area contributed by atoms with Crippen LogP contribution in [0.15, 0.2) is 29.2 Å². The van der Waals surface area contributed by atoms with Gasteiger partial charge in [-0.3, -0.25) is 0 Å². The van der Waals surface area contributed by atoms with Crippen LogP contribution in [0.25, 0.3) is 0 Å². The van der Waals surface area contributed by atoms with E-state index in [-0.39, 0.29) is 11.0 Å². The molecule has 0 aliphatic heterocycles. The maximum absolute atomic E-state index is 12.0. The second-order valence-corrected chi connectivity index (χ2v) is 14.0. The summed E-state index contributed by atoms with van der Waals surface area (Å²) in [6, 6.07) is 6.27. The summed E-state index contributed by atoms with van der Waals surface area (Å²) in [6.07, 6.45) is 0.0556. The number of hydrogen-bond donors (Lipinski definition) is 0. The normalized spacial score (nSPS) is 12.8. The monoisotopic (exact) mass is 448 g/mol. The molecule has 0 heterocycles. The molecule has 0 amide bonds. The lowest BCUT2D eigenvalue weighted by Crippen LogP contribution is -2.17. The van der Waals surface area contributed by atoms with Gasteiger partial charge in [-0.25, -0.2) is 8.42 Å². The first-order valence-electron chi connectivity index (χ1n) is 4.72. The minimum absolute atomic E-state index is 0.0556. The molecule has 0 aliphatic rings. The Bertz CT molecular complexity index is 475. The third kappa shape index (κ3) is 3.94. The summed E-state index contributed by atoms with van der Waals surface area (Å²) in [5.41, 5.74) is 0. The van der Waals surface area contributed by atoms with E-state index < -0.39 is 11.3 Å². The van der Waals surface area contributed by atoms with Crippen molar-refractivity contribution in [2.24, 2.45) is 0 Å². The molecule has 1 aromatic rings. The first-order chi connectivity index (χ1) is 7.64. The highest BCUT2D eigenvalue weighted by molar-refractivity contribution is 9.42. The fraction of sp³-hybridized carbons (Fsp3) is 0.400. The molecule has 0 saturated carbocycles. The summed E-state index contributed by atoms with van der Waals surface area (Å²) >= 11 is 9.03.